The van der Waals surface area contributed by atoms with Gasteiger partial charge in [0.15, 0.2) is 5.12 Å². The second kappa shape index (κ2) is 34.3. The van der Waals surface area contributed by atoms with Gasteiger partial charge in [0.2, 0.25) is 0 Å². The van der Waals surface area contributed by atoms with Gasteiger partial charge >= 0.3 is 13.8 Å². The summed E-state index contributed by atoms with van der Waals surface area (Å²) in [7, 11) is 1.61. The van der Waals surface area contributed by atoms with Crippen LogP contribution in [0.3, 0.4) is 0 Å². The summed E-state index contributed by atoms with van der Waals surface area (Å²) < 4.78 is 29.0. The van der Waals surface area contributed by atoms with E-state index in [1.807, 2.05) is 21.1 Å². The van der Waals surface area contributed by atoms with Gasteiger partial charge in [-0.15, -0.1) is 0 Å². The number of phosphoric acid groups is 1. The van der Waals surface area contributed by atoms with E-state index >= 15 is 0 Å². The highest BCUT2D eigenvalue weighted by atomic mass is 32.2. The van der Waals surface area contributed by atoms with Gasteiger partial charge in [-0.05, 0) is 12.8 Å². The lowest BCUT2D eigenvalue weighted by atomic mass is 10.0. The van der Waals surface area contributed by atoms with E-state index in [4.69, 9.17) is 13.8 Å². The number of hydrogen-bond acceptors (Lipinski definition) is 7. The minimum absolute atomic E-state index is 0.00654. The number of ether oxygens (including phenoxy) is 1. The standard InChI is InChI=1S/C40H80NO7PS/c1-6-8-10-12-14-16-18-20-22-24-26-28-30-32-39(42)46-36-38(37-48-49(44,45)47-35-34-41(3,4)5)50-40(43)33-31-29-27-25-23-21-19-17-15-13-11-9-7-2/h38H,6-37H2,1-5H3/p+1/t38-/m0/s1. The van der Waals surface area contributed by atoms with Gasteiger partial charge in [-0.3, -0.25) is 18.6 Å². The number of thioether (sulfide) groups is 1. The number of nitrogens with zero attached hydrogens (tertiary/aromatic N) is 1. The number of hydrogen-bond donors (Lipinski definition) is 1. The number of rotatable bonds is 38. The number of phosphoric ester groups is 1. The number of likely N-dealkylation sites (N-methyl/N-ethyl adjacent to an activating group) is 1. The monoisotopic (exact) mass is 751 g/mol. The average Bonchev–Trinajstić information content (AvgIpc) is 3.06. The number of carbonyl (C=O) groups excluding carboxylic acids is 2. The second-order valence-corrected chi connectivity index (χ2v) is 18.2. The van der Waals surface area contributed by atoms with E-state index in [0.717, 1.165) is 50.3 Å². The van der Waals surface area contributed by atoms with E-state index < -0.39 is 13.1 Å². The lowest BCUT2D eigenvalue weighted by Crippen LogP contribution is -2.37. The molecule has 1 unspecified atom stereocenters. The van der Waals surface area contributed by atoms with Crippen molar-refractivity contribution in [3.63, 3.8) is 0 Å². The molecule has 0 aromatic carbocycles. The molecule has 0 aromatic heterocycles. The normalized spacial score (nSPS) is 13.7. The first-order valence-corrected chi connectivity index (χ1v) is 23.1. The van der Waals surface area contributed by atoms with Crippen molar-refractivity contribution in [2.24, 2.45) is 0 Å². The molecule has 1 N–H and O–H groups in total. The lowest BCUT2D eigenvalue weighted by molar-refractivity contribution is -0.870. The van der Waals surface area contributed by atoms with Crippen molar-refractivity contribution in [2.75, 3.05) is 47.5 Å². The third-order valence-corrected chi connectivity index (χ3v) is 11.2. The predicted molar refractivity (Wildman–Crippen MR) is 213 cm³/mol. The molecule has 8 nitrogen and oxygen atoms in total. The molecule has 10 heteroatoms. The summed E-state index contributed by atoms with van der Waals surface area (Å²) in [5.74, 6) is -0.297. The lowest BCUT2D eigenvalue weighted by Gasteiger charge is -2.24. The van der Waals surface area contributed by atoms with Crippen molar-refractivity contribution in [1.82, 2.24) is 0 Å². The SMILES string of the molecule is CCCCCCCCCCCCCCCC(=O)OC[C@@H](COP(=O)(O)OCC[N+](C)(C)C)SC(=O)CCCCCCCCCCCCCCC. The Balaban J connectivity index is 4.36. The van der Waals surface area contributed by atoms with Gasteiger partial charge in [-0.25, -0.2) is 4.57 Å². The topological polar surface area (TPSA) is 99.1 Å². The van der Waals surface area contributed by atoms with Gasteiger partial charge in [-0.2, -0.15) is 0 Å². The molecule has 0 saturated heterocycles. The molecule has 50 heavy (non-hydrogen) atoms. The Morgan fingerprint density at radius 1 is 0.580 bits per heavy atom. The van der Waals surface area contributed by atoms with E-state index in [1.165, 1.54) is 128 Å². The van der Waals surface area contributed by atoms with Crippen molar-refractivity contribution >= 4 is 30.7 Å². The van der Waals surface area contributed by atoms with Crippen LogP contribution in [0.15, 0.2) is 0 Å². The van der Waals surface area contributed by atoms with Crippen LogP contribution in [0.2, 0.25) is 0 Å². The first-order valence-electron chi connectivity index (χ1n) is 20.8. The van der Waals surface area contributed by atoms with Crippen molar-refractivity contribution in [2.45, 2.75) is 199 Å². The highest BCUT2D eigenvalue weighted by molar-refractivity contribution is 8.14. The molecule has 0 heterocycles. The Morgan fingerprint density at radius 2 is 0.960 bits per heavy atom. The van der Waals surface area contributed by atoms with Crippen molar-refractivity contribution in [3.8, 4) is 0 Å². The van der Waals surface area contributed by atoms with Gasteiger partial charge in [-0.1, -0.05) is 180 Å². The Labute approximate surface area is 313 Å². The number of quaternary nitrogens is 1. The third-order valence-electron chi connectivity index (χ3n) is 9.14. The second-order valence-electron chi connectivity index (χ2n) is 15.4. The van der Waals surface area contributed by atoms with Crippen molar-refractivity contribution in [1.29, 1.82) is 0 Å². The summed E-state index contributed by atoms with van der Waals surface area (Å²) in [5.41, 5.74) is 0. The molecule has 2 atom stereocenters. The molecular weight excluding hydrogens is 669 g/mol. The van der Waals surface area contributed by atoms with Crippen LogP contribution in [0, 0.1) is 0 Å². The van der Waals surface area contributed by atoms with Crippen molar-refractivity contribution < 1.29 is 37.3 Å². The maximum absolute atomic E-state index is 12.8. The smallest absolute Gasteiger partial charge is 0.464 e. The van der Waals surface area contributed by atoms with Crippen LogP contribution in [-0.4, -0.2) is 73.2 Å². The van der Waals surface area contributed by atoms with Crippen molar-refractivity contribution in [3.05, 3.63) is 0 Å². The van der Waals surface area contributed by atoms with E-state index in [1.54, 1.807) is 0 Å². The van der Waals surface area contributed by atoms with Crippen LogP contribution in [-0.2, 0) is 27.9 Å². The summed E-state index contributed by atoms with van der Waals surface area (Å²) in [6, 6.07) is 0. The Hall–Kier alpha value is -0.440. The summed E-state index contributed by atoms with van der Waals surface area (Å²) in [5, 5.41) is -0.574. The van der Waals surface area contributed by atoms with Gasteiger partial charge in [0, 0.05) is 12.8 Å². The summed E-state index contributed by atoms with van der Waals surface area (Å²) >= 11 is 1.06. The van der Waals surface area contributed by atoms with Gasteiger partial charge < -0.3 is 14.1 Å². The van der Waals surface area contributed by atoms with Crippen LogP contribution in [0.5, 0.6) is 0 Å². The maximum atomic E-state index is 12.8. The first-order chi connectivity index (χ1) is 24.0. The van der Waals surface area contributed by atoms with Crippen LogP contribution in [0.1, 0.15) is 194 Å². The molecular formula is C40H81NO7PS+. The molecule has 0 aliphatic heterocycles. The fourth-order valence-corrected chi connectivity index (χ4v) is 7.60. The average molecular weight is 751 g/mol. The Bertz CT molecular complexity index is 839. The molecule has 0 radical (unpaired) electrons. The van der Waals surface area contributed by atoms with Gasteiger partial charge in [0.25, 0.3) is 0 Å². The molecule has 0 saturated carbocycles. The summed E-state index contributed by atoms with van der Waals surface area (Å²) in [6.07, 6.45) is 33.1. The molecule has 0 rings (SSSR count). The zero-order valence-corrected chi connectivity index (χ0v) is 35.1. The van der Waals surface area contributed by atoms with Crippen LogP contribution in [0.25, 0.3) is 0 Å². The first kappa shape index (κ1) is 49.6. The highest BCUT2D eigenvalue weighted by Gasteiger charge is 2.26. The predicted octanol–water partition coefficient (Wildman–Crippen LogP) is 12.0. The van der Waals surface area contributed by atoms with E-state index in [2.05, 4.69) is 13.8 Å². The van der Waals surface area contributed by atoms with Gasteiger partial charge in [0.05, 0.1) is 33.0 Å². The molecule has 0 bridgehead atoms. The fourth-order valence-electron chi connectivity index (χ4n) is 5.84. The van der Waals surface area contributed by atoms with E-state index in [9.17, 15) is 19.0 Å². The van der Waals surface area contributed by atoms with Crippen LogP contribution >= 0.6 is 19.6 Å². The summed E-state index contributed by atoms with van der Waals surface area (Å²) in [6.45, 7) is 4.88. The third kappa shape index (κ3) is 37.3. The Kier molecular flexibility index (Phi) is 34.0. The zero-order valence-electron chi connectivity index (χ0n) is 33.4. The molecule has 0 aliphatic carbocycles. The van der Waals surface area contributed by atoms with Gasteiger partial charge in [0.1, 0.15) is 19.8 Å². The minimum atomic E-state index is -4.29. The quantitative estimate of drug-likeness (QED) is 0.0288. The number of esters is 1. The van der Waals surface area contributed by atoms with Crippen LogP contribution < -0.4 is 0 Å². The minimum Gasteiger partial charge on any atom is -0.464 e. The molecule has 0 spiro atoms. The maximum Gasteiger partial charge on any atom is 0.472 e. The molecule has 298 valence electrons. The van der Waals surface area contributed by atoms with E-state index in [0.29, 0.717) is 23.9 Å². The number of unbranched alkanes of at least 4 members (excludes halogenated alkanes) is 24. The molecule has 0 fully saturated rings. The molecule has 0 aliphatic rings. The summed E-state index contributed by atoms with van der Waals surface area (Å²) in [4.78, 5) is 35.5. The highest BCUT2D eigenvalue weighted by Crippen LogP contribution is 2.43. The largest absolute Gasteiger partial charge is 0.472 e. The fraction of sp³-hybridized carbons (Fsp3) is 0.950. The Morgan fingerprint density at radius 3 is 1.36 bits per heavy atom. The zero-order chi connectivity index (χ0) is 37.2. The molecule has 0 aromatic rings. The molecule has 0 amide bonds. The van der Waals surface area contributed by atoms with Crippen LogP contribution in [0.4, 0.5) is 0 Å². The van der Waals surface area contributed by atoms with E-state index in [-0.39, 0.29) is 30.9 Å². The number of carbonyl (C=O) groups is 2.